The lowest BCUT2D eigenvalue weighted by Crippen LogP contribution is -2.51. The SMILES string of the molecule is C=C[C@]1(C)CC=C2[C@H](CC[C@@H]3[C@](C)(CO)CCC[C@@]23C)C1. The van der Waals surface area contributed by atoms with E-state index in [1.165, 1.54) is 38.5 Å². The van der Waals surface area contributed by atoms with Crippen LogP contribution in [0.4, 0.5) is 0 Å². The molecule has 21 heavy (non-hydrogen) atoms. The fourth-order valence-electron chi connectivity index (χ4n) is 5.94. The molecule has 0 unspecified atom stereocenters. The first-order valence-corrected chi connectivity index (χ1v) is 8.82. The molecule has 0 spiro atoms. The molecule has 1 nitrogen and oxygen atoms in total. The number of hydrogen-bond donors (Lipinski definition) is 1. The van der Waals surface area contributed by atoms with E-state index in [-0.39, 0.29) is 5.41 Å². The van der Waals surface area contributed by atoms with Gasteiger partial charge in [0.15, 0.2) is 0 Å². The average Bonchev–Trinajstić information content (AvgIpc) is 2.46. The van der Waals surface area contributed by atoms with Crippen LogP contribution in [-0.2, 0) is 0 Å². The van der Waals surface area contributed by atoms with Gasteiger partial charge in [0.1, 0.15) is 0 Å². The number of aliphatic hydroxyl groups excluding tert-OH is 1. The van der Waals surface area contributed by atoms with Crippen LogP contribution in [0.1, 0.15) is 65.7 Å². The van der Waals surface area contributed by atoms with Gasteiger partial charge in [0, 0.05) is 6.61 Å². The fraction of sp³-hybridized carbons (Fsp3) is 0.800. The predicted octanol–water partition coefficient (Wildman–Crippen LogP) is 5.11. The van der Waals surface area contributed by atoms with Crippen LogP contribution >= 0.6 is 0 Å². The Labute approximate surface area is 130 Å². The molecule has 118 valence electrons. The van der Waals surface area contributed by atoms with Gasteiger partial charge in [-0.1, -0.05) is 44.9 Å². The monoisotopic (exact) mass is 288 g/mol. The van der Waals surface area contributed by atoms with Crippen LogP contribution in [0.15, 0.2) is 24.3 Å². The van der Waals surface area contributed by atoms with E-state index < -0.39 is 0 Å². The number of rotatable bonds is 2. The summed E-state index contributed by atoms with van der Waals surface area (Å²) in [7, 11) is 0. The molecule has 2 saturated carbocycles. The Kier molecular flexibility index (Phi) is 3.64. The largest absolute Gasteiger partial charge is 0.396 e. The lowest BCUT2D eigenvalue weighted by molar-refractivity contribution is -0.0558. The summed E-state index contributed by atoms with van der Waals surface area (Å²) in [6, 6.07) is 0. The van der Waals surface area contributed by atoms with Crippen molar-refractivity contribution in [1.29, 1.82) is 0 Å². The molecule has 3 aliphatic rings. The Morgan fingerprint density at radius 3 is 2.71 bits per heavy atom. The zero-order valence-electron chi connectivity index (χ0n) is 14.1. The molecule has 0 radical (unpaired) electrons. The Bertz CT molecular complexity index is 464. The van der Waals surface area contributed by atoms with Gasteiger partial charge in [-0.3, -0.25) is 0 Å². The minimum absolute atomic E-state index is 0.137. The van der Waals surface area contributed by atoms with Gasteiger partial charge in [0.05, 0.1) is 0 Å². The fourth-order valence-corrected chi connectivity index (χ4v) is 5.94. The average molecular weight is 288 g/mol. The summed E-state index contributed by atoms with van der Waals surface area (Å²) in [5.41, 5.74) is 2.50. The smallest absolute Gasteiger partial charge is 0.0487 e. The van der Waals surface area contributed by atoms with E-state index in [1.54, 1.807) is 5.57 Å². The second-order valence-corrected chi connectivity index (χ2v) is 8.84. The molecule has 3 rings (SSSR count). The highest BCUT2D eigenvalue weighted by molar-refractivity contribution is 5.28. The summed E-state index contributed by atoms with van der Waals surface area (Å²) in [4.78, 5) is 0. The van der Waals surface area contributed by atoms with E-state index in [2.05, 4.69) is 39.5 Å². The molecule has 0 saturated heterocycles. The summed E-state index contributed by atoms with van der Waals surface area (Å²) in [5, 5.41) is 9.99. The first kappa shape index (κ1) is 15.3. The maximum absolute atomic E-state index is 9.99. The quantitative estimate of drug-likeness (QED) is 0.700. The topological polar surface area (TPSA) is 20.2 Å². The molecule has 0 heterocycles. The van der Waals surface area contributed by atoms with Crippen LogP contribution in [0.25, 0.3) is 0 Å². The van der Waals surface area contributed by atoms with Crippen molar-refractivity contribution in [2.75, 3.05) is 6.61 Å². The standard InChI is InChI=1S/C20H32O/c1-5-18(2)12-9-16-15(13-18)7-8-17-19(3,14-21)10-6-11-20(16,17)4/h5,9,15,17,21H,1,6-8,10-14H2,2-4H3/t15-,17-,18-,19+,20+/m1/s1. The van der Waals surface area contributed by atoms with E-state index in [0.29, 0.717) is 23.4 Å². The third-order valence-corrected chi connectivity index (χ3v) is 7.31. The second kappa shape index (κ2) is 4.98. The van der Waals surface area contributed by atoms with Crippen molar-refractivity contribution in [3.63, 3.8) is 0 Å². The van der Waals surface area contributed by atoms with Crippen LogP contribution in [0, 0.1) is 28.1 Å². The lowest BCUT2D eigenvalue weighted by Gasteiger charge is -2.59. The van der Waals surface area contributed by atoms with Gasteiger partial charge in [-0.2, -0.15) is 0 Å². The predicted molar refractivity (Wildman–Crippen MR) is 89.0 cm³/mol. The second-order valence-electron chi connectivity index (χ2n) is 8.84. The maximum Gasteiger partial charge on any atom is 0.0487 e. The van der Waals surface area contributed by atoms with Crippen LogP contribution in [0.2, 0.25) is 0 Å². The zero-order valence-corrected chi connectivity index (χ0v) is 14.1. The highest BCUT2D eigenvalue weighted by Gasteiger charge is 2.54. The minimum atomic E-state index is 0.137. The number of fused-ring (bicyclic) bond motifs is 3. The van der Waals surface area contributed by atoms with Crippen molar-refractivity contribution < 1.29 is 5.11 Å². The van der Waals surface area contributed by atoms with Crippen LogP contribution in [0.3, 0.4) is 0 Å². The molecule has 1 heteroatoms. The molecule has 0 aromatic carbocycles. The maximum atomic E-state index is 9.99. The zero-order chi connectivity index (χ0) is 15.3. The van der Waals surface area contributed by atoms with Gasteiger partial charge in [-0.15, -0.1) is 6.58 Å². The molecule has 2 fully saturated rings. The highest BCUT2D eigenvalue weighted by Crippen LogP contribution is 2.63. The van der Waals surface area contributed by atoms with Crippen molar-refractivity contribution in [1.82, 2.24) is 0 Å². The minimum Gasteiger partial charge on any atom is -0.396 e. The van der Waals surface area contributed by atoms with Gasteiger partial charge in [-0.05, 0) is 66.6 Å². The van der Waals surface area contributed by atoms with Gasteiger partial charge in [0.25, 0.3) is 0 Å². The number of allylic oxidation sites excluding steroid dienone is 3. The lowest BCUT2D eigenvalue weighted by atomic mass is 9.46. The molecular formula is C20H32O. The van der Waals surface area contributed by atoms with Gasteiger partial charge in [-0.25, -0.2) is 0 Å². The Morgan fingerprint density at radius 1 is 1.29 bits per heavy atom. The van der Waals surface area contributed by atoms with Crippen molar-refractivity contribution in [2.24, 2.45) is 28.1 Å². The highest BCUT2D eigenvalue weighted by atomic mass is 16.3. The Morgan fingerprint density at radius 2 is 2.05 bits per heavy atom. The van der Waals surface area contributed by atoms with Crippen LogP contribution in [-0.4, -0.2) is 11.7 Å². The van der Waals surface area contributed by atoms with Crippen LogP contribution in [0.5, 0.6) is 0 Å². The first-order valence-electron chi connectivity index (χ1n) is 8.82. The van der Waals surface area contributed by atoms with Crippen molar-refractivity contribution in [3.8, 4) is 0 Å². The normalized spacial score (nSPS) is 49.8. The summed E-state index contributed by atoms with van der Waals surface area (Å²) in [6.45, 7) is 11.6. The first-order chi connectivity index (χ1) is 9.87. The molecule has 0 aromatic heterocycles. The summed E-state index contributed by atoms with van der Waals surface area (Å²) in [6.07, 6.45) is 13.6. The Balaban J connectivity index is 1.96. The molecule has 0 aromatic rings. The summed E-state index contributed by atoms with van der Waals surface area (Å²) < 4.78 is 0. The van der Waals surface area contributed by atoms with Crippen molar-refractivity contribution >= 4 is 0 Å². The van der Waals surface area contributed by atoms with Gasteiger partial charge >= 0.3 is 0 Å². The van der Waals surface area contributed by atoms with E-state index >= 15 is 0 Å². The van der Waals surface area contributed by atoms with E-state index in [4.69, 9.17) is 0 Å². The molecular weight excluding hydrogens is 256 g/mol. The third-order valence-electron chi connectivity index (χ3n) is 7.31. The van der Waals surface area contributed by atoms with Gasteiger partial charge in [0.2, 0.25) is 0 Å². The summed E-state index contributed by atoms with van der Waals surface area (Å²) >= 11 is 0. The Hall–Kier alpha value is -0.560. The van der Waals surface area contributed by atoms with E-state index in [0.717, 1.165) is 12.3 Å². The third kappa shape index (κ3) is 2.23. The molecule has 1 N–H and O–H groups in total. The molecule has 3 aliphatic carbocycles. The van der Waals surface area contributed by atoms with Crippen LogP contribution < -0.4 is 0 Å². The van der Waals surface area contributed by atoms with E-state index in [1.807, 2.05) is 0 Å². The van der Waals surface area contributed by atoms with Crippen molar-refractivity contribution in [2.45, 2.75) is 65.7 Å². The van der Waals surface area contributed by atoms with E-state index in [9.17, 15) is 5.11 Å². The molecule has 0 aliphatic heterocycles. The molecule has 5 atom stereocenters. The van der Waals surface area contributed by atoms with Crippen molar-refractivity contribution in [3.05, 3.63) is 24.3 Å². The summed E-state index contributed by atoms with van der Waals surface area (Å²) in [5.74, 6) is 1.42. The van der Waals surface area contributed by atoms with Gasteiger partial charge < -0.3 is 5.11 Å². The number of hydrogen-bond acceptors (Lipinski definition) is 1. The number of aliphatic hydroxyl groups is 1. The molecule has 0 amide bonds. The molecule has 0 bridgehead atoms.